The molecule has 2 unspecified atom stereocenters. The molecule has 4 bridgehead atoms. The highest BCUT2D eigenvalue weighted by Crippen LogP contribution is 2.55. The van der Waals surface area contributed by atoms with Crippen molar-refractivity contribution in [1.82, 2.24) is 20.4 Å². The normalized spacial score (nSPS) is 31.5. The lowest BCUT2D eigenvalue weighted by molar-refractivity contribution is -0.137. The van der Waals surface area contributed by atoms with Gasteiger partial charge in [-0.1, -0.05) is 13.8 Å². The third-order valence-electron chi connectivity index (χ3n) is 7.01. The molecule has 0 radical (unpaired) electrons. The minimum absolute atomic E-state index is 0.0848. The number of carbonyl (C=O) groups excluding carboxylic acids is 2. The Morgan fingerprint density at radius 3 is 2.50 bits per heavy atom. The van der Waals surface area contributed by atoms with Gasteiger partial charge in [0.1, 0.15) is 5.03 Å². The van der Waals surface area contributed by atoms with Crippen molar-refractivity contribution in [2.45, 2.75) is 94.2 Å². The van der Waals surface area contributed by atoms with Crippen molar-refractivity contribution in [2.24, 2.45) is 17.8 Å². The average molecular weight is 461 g/mol. The maximum absolute atomic E-state index is 13.4. The highest BCUT2D eigenvalue weighted by molar-refractivity contribution is 7.99. The zero-order valence-corrected chi connectivity index (χ0v) is 20.5. The molecule has 1 heterocycles. The van der Waals surface area contributed by atoms with E-state index in [4.69, 9.17) is 0 Å². The molecule has 0 spiro atoms. The van der Waals surface area contributed by atoms with E-state index >= 15 is 0 Å². The van der Waals surface area contributed by atoms with Gasteiger partial charge in [0, 0.05) is 24.4 Å². The van der Waals surface area contributed by atoms with Gasteiger partial charge < -0.3 is 15.7 Å². The van der Waals surface area contributed by atoms with E-state index in [0.717, 1.165) is 37.1 Å². The van der Waals surface area contributed by atoms with Crippen molar-refractivity contribution < 1.29 is 14.7 Å². The van der Waals surface area contributed by atoms with Gasteiger partial charge in [0.25, 0.3) is 5.91 Å². The third-order valence-corrected chi connectivity index (χ3v) is 8.11. The number of hydrogen-bond acceptors (Lipinski definition) is 5. The van der Waals surface area contributed by atoms with Crippen LogP contribution in [-0.4, -0.2) is 49.1 Å². The van der Waals surface area contributed by atoms with Crippen LogP contribution in [0, 0.1) is 17.8 Å². The molecule has 176 valence electrons. The summed E-state index contributed by atoms with van der Waals surface area (Å²) in [7, 11) is 0. The number of amides is 2. The standard InChI is InChI=1S/C24H36N4O3S/c1-14(2)32-22-19(13-25-28(22)7-6-23(4,5)27-15(3)29)21(30)26-20-17-8-16-9-18(20)12-24(31,10-16)11-17/h6-7,13-14,16-18,20,31H,8-12H2,1-5H3,(H,26,30)(H,27,29)/b7-6+/t16?,17?,18?,20-,24-. The fourth-order valence-electron chi connectivity index (χ4n) is 6.15. The van der Waals surface area contributed by atoms with E-state index < -0.39 is 11.1 Å². The molecule has 0 aliphatic heterocycles. The molecule has 1 aromatic heterocycles. The predicted molar refractivity (Wildman–Crippen MR) is 126 cm³/mol. The minimum Gasteiger partial charge on any atom is -0.390 e. The van der Waals surface area contributed by atoms with Gasteiger partial charge >= 0.3 is 0 Å². The van der Waals surface area contributed by atoms with Crippen LogP contribution in [-0.2, 0) is 4.79 Å². The first-order valence-corrected chi connectivity index (χ1v) is 12.6. The van der Waals surface area contributed by atoms with Crippen LogP contribution in [0.1, 0.15) is 77.1 Å². The van der Waals surface area contributed by atoms with Crippen molar-refractivity contribution in [3.63, 3.8) is 0 Å². The number of aliphatic hydroxyl groups is 1. The summed E-state index contributed by atoms with van der Waals surface area (Å²) in [6.45, 7) is 9.50. The van der Waals surface area contributed by atoms with Crippen molar-refractivity contribution in [2.75, 3.05) is 0 Å². The second kappa shape index (κ2) is 8.52. The lowest BCUT2D eigenvalue weighted by Gasteiger charge is -2.58. The topological polar surface area (TPSA) is 96.2 Å². The number of nitrogens with zero attached hydrogens (tertiary/aromatic N) is 2. The van der Waals surface area contributed by atoms with Crippen molar-refractivity contribution in [1.29, 1.82) is 0 Å². The van der Waals surface area contributed by atoms with E-state index in [1.165, 1.54) is 6.92 Å². The highest BCUT2D eigenvalue weighted by Gasteiger charge is 2.55. The summed E-state index contributed by atoms with van der Waals surface area (Å²) in [5, 5.41) is 22.6. The Morgan fingerprint density at radius 2 is 1.94 bits per heavy atom. The van der Waals surface area contributed by atoms with Crippen molar-refractivity contribution >= 4 is 29.8 Å². The number of rotatable bonds is 7. The van der Waals surface area contributed by atoms with Crippen LogP contribution in [0.5, 0.6) is 0 Å². The van der Waals surface area contributed by atoms with Gasteiger partial charge in [-0.25, -0.2) is 4.68 Å². The summed E-state index contributed by atoms with van der Waals surface area (Å²) in [5.41, 5.74) is -0.453. The number of carbonyl (C=O) groups is 2. The molecule has 32 heavy (non-hydrogen) atoms. The van der Waals surface area contributed by atoms with Gasteiger partial charge in [0.2, 0.25) is 5.91 Å². The molecular formula is C24H36N4O3S. The van der Waals surface area contributed by atoms with E-state index in [1.54, 1.807) is 22.6 Å². The number of aromatic nitrogens is 2. The van der Waals surface area contributed by atoms with Gasteiger partial charge in [0.05, 0.1) is 22.9 Å². The Kier molecular flexibility index (Phi) is 6.22. The molecule has 5 rings (SSSR count). The zero-order chi connectivity index (χ0) is 23.3. The average Bonchev–Trinajstić information content (AvgIpc) is 3.02. The van der Waals surface area contributed by atoms with E-state index in [2.05, 4.69) is 29.6 Å². The first kappa shape index (κ1) is 23.4. The molecular weight excluding hydrogens is 424 g/mol. The monoisotopic (exact) mass is 460 g/mol. The van der Waals surface area contributed by atoms with Crippen LogP contribution in [0.4, 0.5) is 0 Å². The van der Waals surface area contributed by atoms with Crippen LogP contribution in [0.2, 0.25) is 0 Å². The van der Waals surface area contributed by atoms with E-state index in [-0.39, 0.29) is 23.1 Å². The van der Waals surface area contributed by atoms with Gasteiger partial charge in [-0.3, -0.25) is 9.59 Å². The first-order valence-electron chi connectivity index (χ1n) is 11.7. The Bertz CT molecular complexity index is 906. The van der Waals surface area contributed by atoms with Gasteiger partial charge in [0.15, 0.2) is 0 Å². The van der Waals surface area contributed by atoms with E-state index in [9.17, 15) is 14.7 Å². The molecule has 4 fully saturated rings. The van der Waals surface area contributed by atoms with E-state index in [1.807, 2.05) is 26.1 Å². The molecule has 4 aliphatic carbocycles. The molecule has 4 saturated carbocycles. The lowest BCUT2D eigenvalue weighted by atomic mass is 9.52. The Balaban J connectivity index is 1.53. The van der Waals surface area contributed by atoms with Gasteiger partial charge in [-0.2, -0.15) is 5.10 Å². The fraction of sp³-hybridized carbons (Fsp3) is 0.708. The highest BCUT2D eigenvalue weighted by atomic mass is 32.2. The number of thioether (sulfide) groups is 1. The summed E-state index contributed by atoms with van der Waals surface area (Å²) in [5.74, 6) is 1.16. The number of hydrogen-bond donors (Lipinski definition) is 3. The van der Waals surface area contributed by atoms with Crippen LogP contribution in [0.3, 0.4) is 0 Å². The molecule has 8 heteroatoms. The fourth-order valence-corrected chi connectivity index (χ4v) is 7.09. The van der Waals surface area contributed by atoms with Crippen LogP contribution < -0.4 is 10.6 Å². The predicted octanol–water partition coefficient (Wildman–Crippen LogP) is 3.44. The van der Waals surface area contributed by atoms with Gasteiger partial charge in [-0.05, 0) is 69.8 Å². The Labute approximate surface area is 194 Å². The molecule has 2 atom stereocenters. The summed E-state index contributed by atoms with van der Waals surface area (Å²) in [4.78, 5) is 24.8. The molecule has 0 saturated heterocycles. The Morgan fingerprint density at radius 1 is 1.28 bits per heavy atom. The largest absolute Gasteiger partial charge is 0.390 e. The minimum atomic E-state index is -0.527. The second-order valence-electron chi connectivity index (χ2n) is 10.9. The smallest absolute Gasteiger partial charge is 0.255 e. The van der Waals surface area contributed by atoms with Gasteiger partial charge in [-0.15, -0.1) is 11.8 Å². The molecule has 3 N–H and O–H groups in total. The molecule has 4 aliphatic rings. The second-order valence-corrected chi connectivity index (χ2v) is 12.5. The van der Waals surface area contributed by atoms with Crippen LogP contribution >= 0.6 is 11.8 Å². The number of nitrogens with one attached hydrogen (secondary N) is 2. The summed E-state index contributed by atoms with van der Waals surface area (Å²) >= 11 is 1.60. The third kappa shape index (κ3) is 4.91. The van der Waals surface area contributed by atoms with Crippen LogP contribution in [0.25, 0.3) is 6.20 Å². The summed E-state index contributed by atoms with van der Waals surface area (Å²) < 4.78 is 1.72. The first-order chi connectivity index (χ1) is 14.9. The van der Waals surface area contributed by atoms with Crippen LogP contribution in [0.15, 0.2) is 17.3 Å². The molecule has 2 amide bonds. The zero-order valence-electron chi connectivity index (χ0n) is 19.7. The summed E-state index contributed by atoms with van der Waals surface area (Å²) in [6.07, 6.45) is 10.1. The maximum atomic E-state index is 13.4. The molecule has 1 aromatic rings. The SMILES string of the molecule is CC(=O)NC(C)(C)/C=C/n1ncc(C(=O)N[C@H]2C3CC4CC2C[C@](O)(C4)C3)c1SC(C)C. The molecule has 7 nitrogen and oxygen atoms in total. The van der Waals surface area contributed by atoms with E-state index in [0.29, 0.717) is 23.3 Å². The van der Waals surface area contributed by atoms with Crippen molar-refractivity contribution in [3.05, 3.63) is 17.8 Å². The quantitative estimate of drug-likeness (QED) is 0.542. The molecule has 0 aromatic carbocycles. The summed E-state index contributed by atoms with van der Waals surface area (Å²) in [6, 6.07) is 0.133. The lowest BCUT2D eigenvalue weighted by Crippen LogP contribution is -2.61. The Hall–Kier alpha value is -1.80. The maximum Gasteiger partial charge on any atom is 0.255 e. The van der Waals surface area contributed by atoms with Crippen molar-refractivity contribution in [3.8, 4) is 0 Å².